The molecule has 3 N–H and O–H groups in total. The lowest BCUT2D eigenvalue weighted by Gasteiger charge is -2.10. The Morgan fingerprint density at radius 1 is 1.00 bits per heavy atom. The summed E-state index contributed by atoms with van der Waals surface area (Å²) in [6.07, 6.45) is 0. The molecule has 0 heterocycles. The average Bonchev–Trinajstić information content (AvgIpc) is 2.77. The van der Waals surface area contributed by atoms with Gasteiger partial charge >= 0.3 is 0 Å². The lowest BCUT2D eigenvalue weighted by atomic mass is 10.1. The molecule has 0 radical (unpaired) electrons. The van der Waals surface area contributed by atoms with E-state index >= 15 is 0 Å². The number of nitrogens with one attached hydrogen (secondary N) is 3. The van der Waals surface area contributed by atoms with Crippen molar-refractivity contribution in [3.05, 3.63) is 88.7 Å². The van der Waals surface area contributed by atoms with Crippen LogP contribution >= 0.6 is 11.6 Å². The van der Waals surface area contributed by atoms with E-state index in [1.54, 1.807) is 60.7 Å². The number of halogens is 2. The van der Waals surface area contributed by atoms with Crippen molar-refractivity contribution in [3.8, 4) is 5.75 Å². The Kier molecular flexibility index (Phi) is 7.45. The summed E-state index contributed by atoms with van der Waals surface area (Å²) in [6, 6.07) is 17.9. The molecule has 0 unspecified atom stereocenters. The van der Waals surface area contributed by atoms with Crippen LogP contribution in [0.15, 0.2) is 66.7 Å². The van der Waals surface area contributed by atoms with E-state index in [9.17, 15) is 14.0 Å². The molecule has 0 saturated carbocycles. The number of ether oxygens (including phenoxy) is 1. The molecular formula is C23H21ClFN3O3. The maximum absolute atomic E-state index is 13.6. The van der Waals surface area contributed by atoms with Crippen molar-refractivity contribution in [2.45, 2.75) is 6.54 Å². The highest BCUT2D eigenvalue weighted by molar-refractivity contribution is 6.32. The number of hydrogen-bond donors (Lipinski definition) is 3. The molecule has 8 heteroatoms. The standard InChI is InChI=1S/C23H21ClFN3O3/c1-31-21-11-10-18(12-19(21)24)28-22(29)14-26-17-8-6-15(7-9-17)23(30)27-13-16-4-2-3-5-20(16)25/h2-12,26H,13-14H2,1H3,(H,27,30)(H,28,29). The lowest BCUT2D eigenvalue weighted by Crippen LogP contribution is -2.23. The molecule has 160 valence electrons. The van der Waals surface area contributed by atoms with Gasteiger partial charge in [-0.15, -0.1) is 0 Å². The fraction of sp³-hybridized carbons (Fsp3) is 0.130. The first kappa shape index (κ1) is 22.1. The number of anilines is 2. The number of amides is 2. The highest BCUT2D eigenvalue weighted by Crippen LogP contribution is 2.27. The monoisotopic (exact) mass is 441 g/mol. The van der Waals surface area contributed by atoms with E-state index in [2.05, 4.69) is 16.0 Å². The second-order valence-electron chi connectivity index (χ2n) is 6.60. The van der Waals surface area contributed by atoms with Crippen LogP contribution in [0.4, 0.5) is 15.8 Å². The van der Waals surface area contributed by atoms with Crippen LogP contribution in [-0.4, -0.2) is 25.5 Å². The van der Waals surface area contributed by atoms with Crippen LogP contribution in [0.5, 0.6) is 5.75 Å². The highest BCUT2D eigenvalue weighted by atomic mass is 35.5. The smallest absolute Gasteiger partial charge is 0.251 e. The van der Waals surface area contributed by atoms with Crippen LogP contribution in [0.2, 0.25) is 5.02 Å². The van der Waals surface area contributed by atoms with Crippen molar-refractivity contribution in [3.63, 3.8) is 0 Å². The zero-order valence-corrected chi connectivity index (χ0v) is 17.5. The van der Waals surface area contributed by atoms with Crippen molar-refractivity contribution in [1.29, 1.82) is 0 Å². The number of carbonyl (C=O) groups excluding carboxylic acids is 2. The molecule has 3 rings (SSSR count). The topological polar surface area (TPSA) is 79.5 Å². The minimum Gasteiger partial charge on any atom is -0.495 e. The van der Waals surface area contributed by atoms with Crippen LogP contribution in [0.25, 0.3) is 0 Å². The summed E-state index contributed by atoms with van der Waals surface area (Å²) in [5, 5.41) is 8.80. The Balaban J connectivity index is 1.48. The SMILES string of the molecule is COc1ccc(NC(=O)CNc2ccc(C(=O)NCc3ccccc3F)cc2)cc1Cl. The third kappa shape index (κ3) is 6.20. The zero-order chi connectivity index (χ0) is 22.2. The fourth-order valence-electron chi connectivity index (χ4n) is 2.79. The van der Waals surface area contributed by atoms with Crippen molar-refractivity contribution in [1.82, 2.24) is 5.32 Å². The van der Waals surface area contributed by atoms with Gasteiger partial charge in [-0.05, 0) is 48.5 Å². The van der Waals surface area contributed by atoms with Crippen LogP contribution in [0, 0.1) is 5.82 Å². The van der Waals surface area contributed by atoms with E-state index in [1.807, 2.05) is 0 Å². The largest absolute Gasteiger partial charge is 0.495 e. The predicted molar refractivity (Wildman–Crippen MR) is 119 cm³/mol. The zero-order valence-electron chi connectivity index (χ0n) is 16.7. The molecular weight excluding hydrogens is 421 g/mol. The second kappa shape index (κ2) is 10.4. The van der Waals surface area contributed by atoms with Crippen LogP contribution in [0.3, 0.4) is 0 Å². The third-order valence-electron chi connectivity index (χ3n) is 4.43. The van der Waals surface area contributed by atoms with Gasteiger partial charge in [-0.25, -0.2) is 4.39 Å². The summed E-state index contributed by atoms with van der Waals surface area (Å²) in [4.78, 5) is 24.4. The van der Waals surface area contributed by atoms with Crippen LogP contribution in [-0.2, 0) is 11.3 Å². The van der Waals surface area contributed by atoms with Gasteiger partial charge in [0.25, 0.3) is 5.91 Å². The molecule has 3 aromatic rings. The maximum atomic E-state index is 13.6. The number of rotatable bonds is 8. The quantitative estimate of drug-likeness (QED) is 0.482. The number of benzene rings is 3. The van der Waals surface area contributed by atoms with Gasteiger partial charge in [-0.3, -0.25) is 9.59 Å². The molecule has 31 heavy (non-hydrogen) atoms. The molecule has 2 amide bonds. The Labute approximate surface area is 184 Å². The number of carbonyl (C=O) groups is 2. The van der Waals surface area contributed by atoms with Crippen molar-refractivity contribution >= 4 is 34.8 Å². The fourth-order valence-corrected chi connectivity index (χ4v) is 3.05. The Morgan fingerprint density at radius 3 is 2.39 bits per heavy atom. The normalized spacial score (nSPS) is 10.3. The minimum absolute atomic E-state index is 0.0302. The van der Waals surface area contributed by atoms with Crippen molar-refractivity contribution in [2.75, 3.05) is 24.3 Å². The molecule has 3 aromatic carbocycles. The van der Waals surface area contributed by atoms with E-state index in [0.29, 0.717) is 33.3 Å². The van der Waals surface area contributed by atoms with Gasteiger partial charge in [0.2, 0.25) is 5.91 Å². The summed E-state index contributed by atoms with van der Waals surface area (Å²) in [6.45, 7) is 0.129. The van der Waals surface area contributed by atoms with Crippen LogP contribution < -0.4 is 20.7 Å². The summed E-state index contributed by atoms with van der Waals surface area (Å²) < 4.78 is 18.7. The molecule has 0 saturated heterocycles. The predicted octanol–water partition coefficient (Wildman–Crippen LogP) is 4.47. The van der Waals surface area contributed by atoms with Gasteiger partial charge in [0.05, 0.1) is 18.7 Å². The first-order valence-electron chi connectivity index (χ1n) is 9.45. The van der Waals surface area contributed by atoms with Gasteiger partial charge in [0, 0.05) is 29.0 Å². The minimum atomic E-state index is -0.363. The molecule has 0 bridgehead atoms. The van der Waals surface area contributed by atoms with Gasteiger partial charge < -0.3 is 20.7 Å². The van der Waals surface area contributed by atoms with E-state index < -0.39 is 0 Å². The lowest BCUT2D eigenvalue weighted by molar-refractivity contribution is -0.114. The summed E-state index contributed by atoms with van der Waals surface area (Å²) in [7, 11) is 1.52. The molecule has 0 aromatic heterocycles. The Morgan fingerprint density at radius 2 is 1.71 bits per heavy atom. The Bertz CT molecular complexity index is 1070. The average molecular weight is 442 g/mol. The maximum Gasteiger partial charge on any atom is 0.251 e. The van der Waals surface area contributed by atoms with Crippen molar-refractivity contribution in [2.24, 2.45) is 0 Å². The molecule has 0 atom stereocenters. The van der Waals surface area contributed by atoms with E-state index in [1.165, 1.54) is 13.2 Å². The van der Waals surface area contributed by atoms with Gasteiger partial charge in [0.1, 0.15) is 11.6 Å². The first-order valence-corrected chi connectivity index (χ1v) is 9.83. The van der Waals surface area contributed by atoms with Gasteiger partial charge in [-0.1, -0.05) is 29.8 Å². The Hall–Kier alpha value is -3.58. The molecule has 6 nitrogen and oxygen atoms in total. The molecule has 0 aliphatic heterocycles. The first-order chi connectivity index (χ1) is 15.0. The van der Waals surface area contributed by atoms with E-state index in [4.69, 9.17) is 16.3 Å². The van der Waals surface area contributed by atoms with Gasteiger partial charge in [-0.2, -0.15) is 0 Å². The number of hydrogen-bond acceptors (Lipinski definition) is 4. The highest BCUT2D eigenvalue weighted by Gasteiger charge is 2.09. The van der Waals surface area contributed by atoms with Gasteiger partial charge in [0.15, 0.2) is 0 Å². The van der Waals surface area contributed by atoms with E-state index in [-0.39, 0.29) is 30.7 Å². The summed E-state index contributed by atoms with van der Waals surface area (Å²) in [5.41, 5.74) is 2.07. The molecule has 0 aliphatic rings. The molecule has 0 aliphatic carbocycles. The van der Waals surface area contributed by atoms with Crippen molar-refractivity contribution < 1.29 is 18.7 Å². The third-order valence-corrected chi connectivity index (χ3v) is 4.73. The second-order valence-corrected chi connectivity index (χ2v) is 7.01. The summed E-state index contributed by atoms with van der Waals surface area (Å²) in [5.74, 6) is -0.412. The molecule has 0 spiro atoms. The summed E-state index contributed by atoms with van der Waals surface area (Å²) >= 11 is 6.05. The van der Waals surface area contributed by atoms with E-state index in [0.717, 1.165) is 0 Å². The molecule has 0 fully saturated rings. The number of methoxy groups -OCH3 is 1. The van der Waals surface area contributed by atoms with Crippen LogP contribution in [0.1, 0.15) is 15.9 Å².